The van der Waals surface area contributed by atoms with Gasteiger partial charge in [0.25, 0.3) is 0 Å². The summed E-state index contributed by atoms with van der Waals surface area (Å²) < 4.78 is 5.36. The molecule has 1 atom stereocenters. The van der Waals surface area contributed by atoms with Gasteiger partial charge < -0.3 is 10.5 Å². The molecule has 0 spiro atoms. The lowest BCUT2D eigenvalue weighted by atomic mass is 10.1. The molecule has 0 aliphatic carbocycles. The lowest BCUT2D eigenvalue weighted by Gasteiger charge is -2.14. The Morgan fingerprint density at radius 1 is 1.10 bits per heavy atom. The summed E-state index contributed by atoms with van der Waals surface area (Å²) in [6.45, 7) is 2.10. The zero-order valence-electron chi connectivity index (χ0n) is 12.0. The molecular weight excluding hydrogens is 266 g/mol. The van der Waals surface area contributed by atoms with Crippen molar-refractivity contribution in [3.63, 3.8) is 0 Å². The Morgan fingerprint density at radius 2 is 1.80 bits per heavy atom. The van der Waals surface area contributed by atoms with E-state index in [0.717, 1.165) is 17.9 Å². The molecule has 2 nitrogen and oxygen atoms in total. The number of benzene rings is 2. The number of hydrogen-bond donors (Lipinski definition) is 1. The number of ether oxygens (including phenoxy) is 1. The zero-order chi connectivity index (χ0) is 14.4. The molecule has 0 radical (unpaired) electrons. The van der Waals surface area contributed by atoms with Gasteiger partial charge in [0.1, 0.15) is 5.75 Å². The Bertz CT molecular complexity index is 539. The molecule has 106 valence electrons. The van der Waals surface area contributed by atoms with Crippen LogP contribution in [0.25, 0.3) is 0 Å². The van der Waals surface area contributed by atoms with Gasteiger partial charge in [0.05, 0.1) is 7.11 Å². The van der Waals surface area contributed by atoms with Crippen LogP contribution in [0.5, 0.6) is 5.75 Å². The van der Waals surface area contributed by atoms with Crippen LogP contribution in [0.2, 0.25) is 0 Å². The maximum absolute atomic E-state index is 6.23. The van der Waals surface area contributed by atoms with Crippen LogP contribution < -0.4 is 10.5 Å². The van der Waals surface area contributed by atoms with Gasteiger partial charge in [-0.15, -0.1) is 11.8 Å². The van der Waals surface area contributed by atoms with Crippen molar-refractivity contribution in [2.75, 3.05) is 12.9 Å². The van der Waals surface area contributed by atoms with Crippen molar-refractivity contribution in [3.05, 3.63) is 59.7 Å². The van der Waals surface area contributed by atoms with Gasteiger partial charge in [-0.3, -0.25) is 0 Å². The topological polar surface area (TPSA) is 35.2 Å². The molecular formula is C17H21NOS. The fraction of sp³-hybridized carbons (Fsp3) is 0.294. The number of nitrogens with two attached hydrogens (primary N) is 1. The molecule has 20 heavy (non-hydrogen) atoms. The van der Waals surface area contributed by atoms with Crippen molar-refractivity contribution < 1.29 is 4.74 Å². The van der Waals surface area contributed by atoms with E-state index in [1.165, 1.54) is 16.0 Å². The van der Waals surface area contributed by atoms with E-state index < -0.39 is 0 Å². The first-order valence-corrected chi connectivity index (χ1v) is 7.74. The zero-order valence-corrected chi connectivity index (χ0v) is 12.8. The first-order chi connectivity index (χ1) is 9.69. The van der Waals surface area contributed by atoms with E-state index in [0.29, 0.717) is 0 Å². The highest BCUT2D eigenvalue weighted by molar-refractivity contribution is 7.99. The monoisotopic (exact) mass is 287 g/mol. The maximum Gasteiger partial charge on any atom is 0.122 e. The Hall–Kier alpha value is -1.45. The Balaban J connectivity index is 1.89. The quantitative estimate of drug-likeness (QED) is 0.823. The second-order valence-electron chi connectivity index (χ2n) is 4.90. The summed E-state index contributed by atoms with van der Waals surface area (Å²) in [4.78, 5) is 1.27. The average molecular weight is 287 g/mol. The van der Waals surface area contributed by atoms with Gasteiger partial charge in [-0.05, 0) is 37.1 Å². The van der Waals surface area contributed by atoms with Gasteiger partial charge in [0, 0.05) is 16.7 Å². The van der Waals surface area contributed by atoms with Crippen LogP contribution in [0.1, 0.15) is 11.1 Å². The third-order valence-corrected chi connectivity index (χ3v) is 4.36. The van der Waals surface area contributed by atoms with Gasteiger partial charge in [-0.1, -0.05) is 35.9 Å². The molecule has 2 N–H and O–H groups in total. The first kappa shape index (κ1) is 14.9. The molecule has 0 heterocycles. The normalized spacial score (nSPS) is 12.2. The van der Waals surface area contributed by atoms with Gasteiger partial charge >= 0.3 is 0 Å². The molecule has 2 aromatic carbocycles. The van der Waals surface area contributed by atoms with Crippen LogP contribution in [0, 0.1) is 6.92 Å². The van der Waals surface area contributed by atoms with E-state index in [-0.39, 0.29) is 6.04 Å². The fourth-order valence-electron chi connectivity index (χ4n) is 2.05. The molecule has 0 bridgehead atoms. The molecule has 0 aliphatic heterocycles. The van der Waals surface area contributed by atoms with Crippen LogP contribution in [0.4, 0.5) is 0 Å². The van der Waals surface area contributed by atoms with Crippen molar-refractivity contribution in [2.45, 2.75) is 24.3 Å². The highest BCUT2D eigenvalue weighted by atomic mass is 32.2. The SMILES string of the molecule is COc1ccccc1CC(N)CSc1ccc(C)cc1. The van der Waals surface area contributed by atoms with E-state index in [9.17, 15) is 0 Å². The number of rotatable bonds is 6. The molecule has 0 saturated carbocycles. The molecule has 2 rings (SSSR count). The maximum atomic E-state index is 6.23. The molecule has 0 amide bonds. The van der Waals surface area contributed by atoms with E-state index in [4.69, 9.17) is 10.5 Å². The molecule has 2 aromatic rings. The van der Waals surface area contributed by atoms with Crippen LogP contribution in [0.3, 0.4) is 0 Å². The van der Waals surface area contributed by atoms with Crippen LogP contribution in [-0.2, 0) is 6.42 Å². The summed E-state index contributed by atoms with van der Waals surface area (Å²) in [6.07, 6.45) is 0.836. The number of aryl methyl sites for hydroxylation is 1. The van der Waals surface area contributed by atoms with Gasteiger partial charge in [-0.25, -0.2) is 0 Å². The highest BCUT2D eigenvalue weighted by Crippen LogP contribution is 2.22. The number of hydrogen-bond acceptors (Lipinski definition) is 3. The summed E-state index contributed by atoms with van der Waals surface area (Å²) in [5.41, 5.74) is 8.69. The minimum absolute atomic E-state index is 0.123. The molecule has 1 unspecified atom stereocenters. The van der Waals surface area contributed by atoms with E-state index in [2.05, 4.69) is 37.3 Å². The van der Waals surface area contributed by atoms with Crippen molar-refractivity contribution in [2.24, 2.45) is 5.73 Å². The Morgan fingerprint density at radius 3 is 2.50 bits per heavy atom. The van der Waals surface area contributed by atoms with Gasteiger partial charge in [0.2, 0.25) is 0 Å². The summed E-state index contributed by atoms with van der Waals surface area (Å²) in [5.74, 6) is 1.82. The lowest BCUT2D eigenvalue weighted by Crippen LogP contribution is -2.25. The standard InChI is InChI=1S/C17H21NOS/c1-13-7-9-16(10-8-13)20-12-15(18)11-14-5-3-4-6-17(14)19-2/h3-10,15H,11-12,18H2,1-2H3. The summed E-state index contributed by atoms with van der Waals surface area (Å²) in [5, 5.41) is 0. The van der Waals surface area contributed by atoms with Gasteiger partial charge in [0.15, 0.2) is 0 Å². The predicted molar refractivity (Wildman–Crippen MR) is 86.6 cm³/mol. The minimum atomic E-state index is 0.123. The minimum Gasteiger partial charge on any atom is -0.496 e. The van der Waals surface area contributed by atoms with Gasteiger partial charge in [-0.2, -0.15) is 0 Å². The van der Waals surface area contributed by atoms with Crippen LogP contribution in [-0.4, -0.2) is 18.9 Å². The van der Waals surface area contributed by atoms with E-state index in [1.54, 1.807) is 18.9 Å². The molecule has 0 aromatic heterocycles. The van der Waals surface area contributed by atoms with Crippen molar-refractivity contribution in [1.29, 1.82) is 0 Å². The Labute approximate surface area is 125 Å². The summed E-state index contributed by atoms with van der Waals surface area (Å²) in [6, 6.07) is 16.8. The fourth-order valence-corrected chi connectivity index (χ4v) is 2.90. The highest BCUT2D eigenvalue weighted by Gasteiger charge is 2.09. The molecule has 0 fully saturated rings. The molecule has 3 heteroatoms. The van der Waals surface area contributed by atoms with Crippen molar-refractivity contribution in [1.82, 2.24) is 0 Å². The first-order valence-electron chi connectivity index (χ1n) is 6.76. The van der Waals surface area contributed by atoms with Crippen LogP contribution in [0.15, 0.2) is 53.4 Å². The third-order valence-electron chi connectivity index (χ3n) is 3.16. The third kappa shape index (κ3) is 4.29. The molecule has 0 aliphatic rings. The molecule has 0 saturated heterocycles. The second kappa shape index (κ2) is 7.36. The van der Waals surface area contributed by atoms with E-state index >= 15 is 0 Å². The van der Waals surface area contributed by atoms with E-state index in [1.807, 2.05) is 18.2 Å². The largest absolute Gasteiger partial charge is 0.496 e. The second-order valence-corrected chi connectivity index (χ2v) is 5.99. The summed E-state index contributed by atoms with van der Waals surface area (Å²) >= 11 is 1.80. The summed E-state index contributed by atoms with van der Waals surface area (Å²) in [7, 11) is 1.70. The number of para-hydroxylation sites is 1. The van der Waals surface area contributed by atoms with Crippen molar-refractivity contribution in [3.8, 4) is 5.75 Å². The Kier molecular flexibility index (Phi) is 5.50. The number of thioether (sulfide) groups is 1. The smallest absolute Gasteiger partial charge is 0.122 e. The number of methoxy groups -OCH3 is 1. The lowest BCUT2D eigenvalue weighted by molar-refractivity contribution is 0.408. The van der Waals surface area contributed by atoms with Crippen molar-refractivity contribution >= 4 is 11.8 Å². The average Bonchev–Trinajstić information content (AvgIpc) is 2.47. The van der Waals surface area contributed by atoms with Crippen LogP contribution >= 0.6 is 11.8 Å². The predicted octanol–water partition coefficient (Wildman–Crippen LogP) is 3.67.